The van der Waals surface area contributed by atoms with E-state index in [0.29, 0.717) is 17.7 Å². The maximum atomic E-state index is 12.2. The second-order valence-electron chi connectivity index (χ2n) is 6.70. The van der Waals surface area contributed by atoms with Crippen molar-refractivity contribution in [1.29, 1.82) is 0 Å². The lowest BCUT2D eigenvalue weighted by Gasteiger charge is -2.17. The van der Waals surface area contributed by atoms with E-state index in [1.165, 1.54) is 0 Å². The molecule has 116 valence electrons. The van der Waals surface area contributed by atoms with Crippen molar-refractivity contribution in [3.63, 3.8) is 0 Å². The van der Waals surface area contributed by atoms with Crippen molar-refractivity contribution in [2.24, 2.45) is 5.92 Å². The molecule has 2 aromatic rings. The summed E-state index contributed by atoms with van der Waals surface area (Å²) in [5, 5.41) is 7.81. The number of benzene rings is 1. The average molecular weight is 299 g/mol. The normalized spacial score (nSPS) is 20.2. The van der Waals surface area contributed by atoms with Gasteiger partial charge in [0.1, 0.15) is 0 Å². The zero-order valence-electron chi connectivity index (χ0n) is 12.9. The van der Waals surface area contributed by atoms with Gasteiger partial charge in [0.05, 0.1) is 0 Å². The first-order chi connectivity index (χ1) is 10.4. The molecule has 1 fully saturated rings. The zero-order chi connectivity index (χ0) is 15.7. The van der Waals surface area contributed by atoms with Crippen molar-refractivity contribution in [2.75, 3.05) is 11.9 Å². The first-order valence-electron chi connectivity index (χ1n) is 7.59. The molecule has 1 atom stereocenters. The summed E-state index contributed by atoms with van der Waals surface area (Å²) in [6.07, 6.45) is 3.14. The number of hydrogen-bond acceptors (Lipinski definition) is 3. The Bertz CT molecular complexity index is 764. The summed E-state index contributed by atoms with van der Waals surface area (Å²) < 4.78 is 0. The Morgan fingerprint density at radius 2 is 2.18 bits per heavy atom. The van der Waals surface area contributed by atoms with Gasteiger partial charge in [-0.25, -0.2) is 0 Å². The molecule has 0 aliphatic carbocycles. The van der Waals surface area contributed by atoms with Gasteiger partial charge < -0.3 is 15.6 Å². The van der Waals surface area contributed by atoms with Gasteiger partial charge in [-0.05, 0) is 62.4 Å². The van der Waals surface area contributed by atoms with Gasteiger partial charge in [-0.2, -0.15) is 0 Å². The third-order valence-electron chi connectivity index (χ3n) is 4.20. The molecule has 3 N–H and O–H groups in total. The summed E-state index contributed by atoms with van der Waals surface area (Å²) in [5.74, 6) is 0.395. The lowest BCUT2D eigenvalue weighted by atomic mass is 9.94. The molecule has 5 nitrogen and oxygen atoms in total. The molecule has 5 heteroatoms. The van der Waals surface area contributed by atoms with Gasteiger partial charge in [0.15, 0.2) is 0 Å². The minimum atomic E-state index is -0.116. The quantitative estimate of drug-likeness (QED) is 0.814. The molecule has 1 amide bonds. The number of hydrogen-bond donors (Lipinski definition) is 3. The van der Waals surface area contributed by atoms with E-state index in [1.54, 1.807) is 18.3 Å². The van der Waals surface area contributed by atoms with Gasteiger partial charge in [0.2, 0.25) is 5.91 Å². The Morgan fingerprint density at radius 1 is 1.36 bits per heavy atom. The highest BCUT2D eigenvalue weighted by Gasteiger charge is 2.31. The standard InChI is InChI=1S/C17H21N3O2/c1-17(2)9-11(10-19-17)7-15(21)20-13-3-4-14-12(8-13)5-6-18-16(14)22/h3-6,8,11,19H,7,9-10H2,1-2H3,(H,18,22)(H,20,21). The van der Waals surface area contributed by atoms with Crippen LogP contribution in [0.3, 0.4) is 0 Å². The lowest BCUT2D eigenvalue weighted by Crippen LogP contribution is -2.31. The summed E-state index contributed by atoms with van der Waals surface area (Å²) in [6, 6.07) is 7.17. The van der Waals surface area contributed by atoms with E-state index in [4.69, 9.17) is 0 Å². The van der Waals surface area contributed by atoms with E-state index in [-0.39, 0.29) is 17.0 Å². The number of rotatable bonds is 3. The maximum absolute atomic E-state index is 12.2. The number of fused-ring (bicyclic) bond motifs is 1. The molecule has 0 radical (unpaired) electrons. The van der Waals surface area contributed by atoms with Gasteiger partial charge in [-0.15, -0.1) is 0 Å². The van der Waals surface area contributed by atoms with Crippen LogP contribution >= 0.6 is 0 Å². The molecule has 1 aromatic heterocycles. The molecule has 1 aliphatic rings. The second kappa shape index (κ2) is 5.57. The first kappa shape index (κ1) is 14.8. The van der Waals surface area contributed by atoms with Gasteiger partial charge in [0, 0.05) is 29.2 Å². The van der Waals surface area contributed by atoms with Crippen LogP contribution < -0.4 is 16.2 Å². The Morgan fingerprint density at radius 3 is 2.91 bits per heavy atom. The number of H-pyrrole nitrogens is 1. The fraction of sp³-hybridized carbons (Fsp3) is 0.412. The molecule has 0 bridgehead atoms. The van der Waals surface area contributed by atoms with E-state index in [1.807, 2.05) is 12.1 Å². The van der Waals surface area contributed by atoms with E-state index >= 15 is 0 Å². The predicted molar refractivity (Wildman–Crippen MR) is 88.0 cm³/mol. The van der Waals surface area contributed by atoms with Crippen LogP contribution in [0.4, 0.5) is 5.69 Å². The highest BCUT2D eigenvalue weighted by atomic mass is 16.1. The van der Waals surface area contributed by atoms with Gasteiger partial charge >= 0.3 is 0 Å². The smallest absolute Gasteiger partial charge is 0.255 e. The van der Waals surface area contributed by atoms with E-state index < -0.39 is 0 Å². The highest BCUT2D eigenvalue weighted by molar-refractivity contribution is 5.94. The molecular weight excluding hydrogens is 278 g/mol. The number of amides is 1. The SMILES string of the molecule is CC1(C)CC(CC(=O)Nc2ccc3c(=O)[nH]ccc3c2)CN1. The topological polar surface area (TPSA) is 74.0 Å². The third-order valence-corrected chi connectivity index (χ3v) is 4.20. The maximum Gasteiger partial charge on any atom is 0.255 e. The van der Waals surface area contributed by atoms with Crippen molar-refractivity contribution in [3.8, 4) is 0 Å². The van der Waals surface area contributed by atoms with Gasteiger partial charge in [-0.3, -0.25) is 9.59 Å². The minimum absolute atomic E-state index is 0.0219. The third kappa shape index (κ3) is 3.20. The molecule has 0 saturated carbocycles. The number of carbonyl (C=O) groups excluding carboxylic acids is 1. The predicted octanol–water partition coefficient (Wildman–Crippen LogP) is 2.24. The van der Waals surface area contributed by atoms with Crippen molar-refractivity contribution >= 4 is 22.4 Å². The van der Waals surface area contributed by atoms with Crippen molar-refractivity contribution in [1.82, 2.24) is 10.3 Å². The number of carbonyl (C=O) groups is 1. The molecule has 1 aliphatic heterocycles. The van der Waals surface area contributed by atoms with E-state index in [0.717, 1.165) is 24.0 Å². The van der Waals surface area contributed by atoms with Crippen molar-refractivity contribution in [2.45, 2.75) is 32.2 Å². The van der Waals surface area contributed by atoms with Crippen LogP contribution in [-0.2, 0) is 4.79 Å². The molecule has 2 heterocycles. The molecule has 1 aromatic carbocycles. The second-order valence-corrected chi connectivity index (χ2v) is 6.70. The largest absolute Gasteiger partial charge is 0.329 e. The number of nitrogens with one attached hydrogen (secondary N) is 3. The van der Waals surface area contributed by atoms with Crippen LogP contribution in [-0.4, -0.2) is 23.0 Å². The molecule has 0 spiro atoms. The Labute approximate surface area is 129 Å². The van der Waals surface area contributed by atoms with E-state index in [9.17, 15) is 9.59 Å². The number of aromatic amines is 1. The van der Waals surface area contributed by atoms with Crippen LogP contribution in [0.25, 0.3) is 10.8 Å². The Balaban J connectivity index is 1.68. The molecule has 1 saturated heterocycles. The monoisotopic (exact) mass is 299 g/mol. The molecule has 3 rings (SSSR count). The van der Waals surface area contributed by atoms with Gasteiger partial charge in [0.25, 0.3) is 5.56 Å². The lowest BCUT2D eigenvalue weighted by molar-refractivity contribution is -0.117. The fourth-order valence-electron chi connectivity index (χ4n) is 3.18. The number of pyridine rings is 1. The Kier molecular flexibility index (Phi) is 3.74. The fourth-order valence-corrected chi connectivity index (χ4v) is 3.18. The summed E-state index contributed by atoms with van der Waals surface area (Å²) in [7, 11) is 0. The van der Waals surface area contributed by atoms with Crippen LogP contribution in [0.1, 0.15) is 26.7 Å². The number of anilines is 1. The Hall–Kier alpha value is -2.14. The van der Waals surface area contributed by atoms with Gasteiger partial charge in [-0.1, -0.05) is 0 Å². The minimum Gasteiger partial charge on any atom is -0.329 e. The summed E-state index contributed by atoms with van der Waals surface area (Å²) in [4.78, 5) is 26.5. The van der Waals surface area contributed by atoms with Crippen LogP contribution in [0.2, 0.25) is 0 Å². The summed E-state index contributed by atoms with van der Waals surface area (Å²) in [6.45, 7) is 5.20. The molecular formula is C17H21N3O2. The van der Waals surface area contributed by atoms with Crippen molar-refractivity contribution < 1.29 is 4.79 Å². The summed E-state index contributed by atoms with van der Waals surface area (Å²) >= 11 is 0. The van der Waals surface area contributed by atoms with Crippen LogP contribution in [0, 0.1) is 5.92 Å². The molecule has 1 unspecified atom stereocenters. The summed E-state index contributed by atoms with van der Waals surface area (Å²) in [5.41, 5.74) is 0.734. The van der Waals surface area contributed by atoms with Crippen LogP contribution in [0.5, 0.6) is 0 Å². The zero-order valence-corrected chi connectivity index (χ0v) is 12.9. The first-order valence-corrected chi connectivity index (χ1v) is 7.59. The number of aromatic nitrogens is 1. The van der Waals surface area contributed by atoms with Crippen LogP contribution in [0.15, 0.2) is 35.3 Å². The average Bonchev–Trinajstić information content (AvgIpc) is 2.78. The highest BCUT2D eigenvalue weighted by Crippen LogP contribution is 2.26. The molecule has 22 heavy (non-hydrogen) atoms. The van der Waals surface area contributed by atoms with Crippen molar-refractivity contribution in [3.05, 3.63) is 40.8 Å². The van der Waals surface area contributed by atoms with E-state index in [2.05, 4.69) is 29.5 Å².